The van der Waals surface area contributed by atoms with Crippen LogP contribution >= 0.6 is 0 Å². The number of hydrogen-bond acceptors (Lipinski definition) is 4. The van der Waals surface area contributed by atoms with Crippen LogP contribution in [-0.4, -0.2) is 30.2 Å². The molecule has 2 bridgehead atoms. The van der Waals surface area contributed by atoms with Crippen molar-refractivity contribution in [3.8, 4) is 5.75 Å². The minimum atomic E-state index is 0.00587. The number of nitrogens with zero attached hydrogens (tertiary/aromatic N) is 1. The first kappa shape index (κ1) is 12.8. The molecule has 3 aliphatic heterocycles. The minimum Gasteiger partial charge on any atom is -0.493 e. The summed E-state index contributed by atoms with van der Waals surface area (Å²) in [4.78, 5) is 2.37. The van der Waals surface area contributed by atoms with Crippen molar-refractivity contribution in [3.63, 3.8) is 0 Å². The Labute approximate surface area is 123 Å². The SMILES string of the molecule is COc1cc(CO)cc2cc(C3=CN4CCC3CC4)oc12. The molecule has 0 aliphatic carbocycles. The number of hydrogen-bond donors (Lipinski definition) is 1. The van der Waals surface area contributed by atoms with E-state index in [1.165, 1.54) is 18.4 Å². The van der Waals surface area contributed by atoms with E-state index in [-0.39, 0.29) is 6.61 Å². The second-order valence-electron chi connectivity index (χ2n) is 5.88. The van der Waals surface area contributed by atoms with Gasteiger partial charge in [0, 0.05) is 30.2 Å². The van der Waals surface area contributed by atoms with Gasteiger partial charge in [0.2, 0.25) is 0 Å². The maximum Gasteiger partial charge on any atom is 0.176 e. The molecule has 1 N–H and O–H groups in total. The minimum absolute atomic E-state index is 0.00587. The van der Waals surface area contributed by atoms with E-state index in [2.05, 4.69) is 17.2 Å². The highest BCUT2D eigenvalue weighted by atomic mass is 16.5. The van der Waals surface area contributed by atoms with Gasteiger partial charge in [0.15, 0.2) is 11.3 Å². The highest BCUT2D eigenvalue weighted by Gasteiger charge is 2.29. The molecule has 1 aromatic heterocycles. The summed E-state index contributed by atoms with van der Waals surface area (Å²) >= 11 is 0. The van der Waals surface area contributed by atoms with Gasteiger partial charge in [-0.2, -0.15) is 0 Å². The second-order valence-corrected chi connectivity index (χ2v) is 5.88. The number of allylic oxidation sites excluding steroid dienone is 1. The summed E-state index contributed by atoms with van der Waals surface area (Å²) in [6.07, 6.45) is 4.67. The standard InChI is InChI=1S/C17H19NO3/c1-20-16-7-11(10-19)6-13-8-15(21-17(13)16)14-9-18-4-2-12(14)3-5-18/h6-9,12,19H,2-5,10H2,1H3. The number of aliphatic hydroxyl groups excluding tert-OH is 1. The fraction of sp³-hybridized carbons (Fsp3) is 0.412. The smallest absolute Gasteiger partial charge is 0.176 e. The molecule has 0 spiro atoms. The van der Waals surface area contributed by atoms with Crippen LogP contribution in [0.4, 0.5) is 0 Å². The number of benzene rings is 1. The van der Waals surface area contributed by atoms with Crippen molar-refractivity contribution in [3.05, 3.63) is 35.7 Å². The average molecular weight is 285 g/mol. The highest BCUT2D eigenvalue weighted by Crippen LogP contribution is 2.40. The first-order valence-corrected chi connectivity index (χ1v) is 7.46. The van der Waals surface area contributed by atoms with Crippen LogP contribution in [-0.2, 0) is 6.61 Å². The van der Waals surface area contributed by atoms with Gasteiger partial charge in [0.1, 0.15) is 5.76 Å². The molecule has 4 nitrogen and oxygen atoms in total. The van der Waals surface area contributed by atoms with Gasteiger partial charge in [-0.15, -0.1) is 0 Å². The van der Waals surface area contributed by atoms with Crippen LogP contribution < -0.4 is 4.74 Å². The summed E-state index contributed by atoms with van der Waals surface area (Å²) in [5.41, 5.74) is 2.91. The van der Waals surface area contributed by atoms with Crippen molar-refractivity contribution in [1.29, 1.82) is 0 Å². The molecule has 21 heavy (non-hydrogen) atoms. The first-order chi connectivity index (χ1) is 10.3. The van der Waals surface area contributed by atoms with E-state index < -0.39 is 0 Å². The van der Waals surface area contributed by atoms with Gasteiger partial charge in [0.25, 0.3) is 0 Å². The summed E-state index contributed by atoms with van der Waals surface area (Å²) in [6, 6.07) is 5.87. The third-order valence-electron chi connectivity index (χ3n) is 4.62. The monoisotopic (exact) mass is 285 g/mol. The zero-order chi connectivity index (χ0) is 14.4. The predicted molar refractivity (Wildman–Crippen MR) is 81.0 cm³/mol. The van der Waals surface area contributed by atoms with Gasteiger partial charge in [-0.3, -0.25) is 0 Å². The number of aliphatic hydroxyl groups is 1. The average Bonchev–Trinajstić information content (AvgIpc) is 2.98. The Morgan fingerprint density at radius 3 is 2.71 bits per heavy atom. The highest BCUT2D eigenvalue weighted by molar-refractivity contribution is 5.87. The molecule has 1 saturated heterocycles. The molecular weight excluding hydrogens is 266 g/mol. The fourth-order valence-corrected chi connectivity index (χ4v) is 3.47. The molecule has 4 heterocycles. The van der Waals surface area contributed by atoms with Gasteiger partial charge < -0.3 is 19.2 Å². The molecule has 0 amide bonds. The lowest BCUT2D eigenvalue weighted by Crippen LogP contribution is -2.35. The van der Waals surface area contributed by atoms with Crippen LogP contribution in [0.5, 0.6) is 5.75 Å². The lowest BCUT2D eigenvalue weighted by molar-refractivity contribution is 0.250. The number of rotatable bonds is 3. The molecule has 0 saturated carbocycles. The quantitative estimate of drug-likeness (QED) is 0.941. The Balaban J connectivity index is 1.84. The predicted octanol–water partition coefficient (Wildman–Crippen LogP) is 3.00. The van der Waals surface area contributed by atoms with Crippen molar-refractivity contribution in [1.82, 2.24) is 4.90 Å². The lowest BCUT2D eigenvalue weighted by atomic mass is 9.84. The van der Waals surface area contributed by atoms with E-state index in [4.69, 9.17) is 9.15 Å². The summed E-state index contributed by atoms with van der Waals surface area (Å²) in [6.45, 7) is 2.32. The van der Waals surface area contributed by atoms with Gasteiger partial charge in [-0.1, -0.05) is 0 Å². The molecule has 2 aromatic rings. The molecule has 1 aromatic carbocycles. The Kier molecular flexibility index (Phi) is 2.93. The van der Waals surface area contributed by atoms with E-state index >= 15 is 0 Å². The number of furan rings is 1. The maximum absolute atomic E-state index is 9.35. The Morgan fingerprint density at radius 1 is 1.29 bits per heavy atom. The molecule has 4 heteroatoms. The molecule has 110 valence electrons. The maximum atomic E-state index is 9.35. The largest absolute Gasteiger partial charge is 0.493 e. The Bertz CT molecular complexity index is 708. The molecule has 0 radical (unpaired) electrons. The van der Waals surface area contributed by atoms with Crippen LogP contribution in [0.2, 0.25) is 0 Å². The lowest BCUT2D eigenvalue weighted by Gasteiger charge is -2.38. The zero-order valence-electron chi connectivity index (χ0n) is 12.1. The van der Waals surface area contributed by atoms with Gasteiger partial charge >= 0.3 is 0 Å². The Morgan fingerprint density at radius 2 is 2.10 bits per heavy atom. The van der Waals surface area contributed by atoms with Crippen LogP contribution in [0, 0.1) is 5.92 Å². The van der Waals surface area contributed by atoms with Gasteiger partial charge in [0.05, 0.1) is 13.7 Å². The molecule has 0 unspecified atom stereocenters. The molecule has 5 rings (SSSR count). The van der Waals surface area contributed by atoms with Crippen molar-refractivity contribution in [2.45, 2.75) is 19.4 Å². The molecule has 0 atom stereocenters. The molecule has 1 fully saturated rings. The number of piperidine rings is 1. The topological polar surface area (TPSA) is 45.8 Å². The second kappa shape index (κ2) is 4.81. The van der Waals surface area contributed by atoms with E-state index in [0.717, 1.165) is 35.4 Å². The third kappa shape index (κ3) is 2.02. The van der Waals surface area contributed by atoms with E-state index in [1.807, 2.05) is 12.1 Å². The van der Waals surface area contributed by atoms with Gasteiger partial charge in [-0.25, -0.2) is 0 Å². The summed E-state index contributed by atoms with van der Waals surface area (Å²) in [5.74, 6) is 2.23. The fourth-order valence-electron chi connectivity index (χ4n) is 3.47. The van der Waals surface area contributed by atoms with Crippen molar-refractivity contribution in [2.75, 3.05) is 20.2 Å². The summed E-state index contributed by atoms with van der Waals surface area (Å²) in [7, 11) is 1.63. The van der Waals surface area contributed by atoms with Crippen LogP contribution in [0.15, 0.2) is 28.8 Å². The number of methoxy groups -OCH3 is 1. The summed E-state index contributed by atoms with van der Waals surface area (Å²) < 4.78 is 11.5. The van der Waals surface area contributed by atoms with Gasteiger partial charge in [-0.05, 0) is 42.5 Å². The van der Waals surface area contributed by atoms with Crippen molar-refractivity contribution < 1.29 is 14.3 Å². The number of ether oxygens (including phenoxy) is 1. The Hall–Kier alpha value is -1.94. The van der Waals surface area contributed by atoms with Crippen molar-refractivity contribution in [2.24, 2.45) is 5.92 Å². The van der Waals surface area contributed by atoms with E-state index in [1.54, 1.807) is 7.11 Å². The van der Waals surface area contributed by atoms with Crippen LogP contribution in [0.25, 0.3) is 16.5 Å². The van der Waals surface area contributed by atoms with Crippen LogP contribution in [0.1, 0.15) is 24.2 Å². The van der Waals surface area contributed by atoms with E-state index in [9.17, 15) is 5.11 Å². The normalized spacial score (nSPS) is 18.4. The molecular formula is C17H19NO3. The zero-order valence-corrected chi connectivity index (χ0v) is 12.1. The first-order valence-electron chi connectivity index (χ1n) is 7.46. The van der Waals surface area contributed by atoms with Crippen LogP contribution in [0.3, 0.4) is 0 Å². The van der Waals surface area contributed by atoms with Crippen molar-refractivity contribution >= 4 is 16.5 Å². The van der Waals surface area contributed by atoms with E-state index in [0.29, 0.717) is 11.7 Å². The third-order valence-corrected chi connectivity index (χ3v) is 4.62. The summed E-state index contributed by atoms with van der Waals surface area (Å²) in [5, 5.41) is 10.3. The molecule has 3 aliphatic rings. The number of fused-ring (bicyclic) bond motifs is 3.